The second kappa shape index (κ2) is 6.25. The molecule has 4 aromatic rings. The average Bonchev–Trinajstić information content (AvgIpc) is 2.93. The molecule has 1 aliphatic rings. The molecule has 0 aliphatic heterocycles. The molecule has 0 saturated carbocycles. The minimum Gasteiger partial charge on any atom is -0.0616 e. The van der Waals surface area contributed by atoms with Gasteiger partial charge in [0.2, 0.25) is 0 Å². The van der Waals surface area contributed by atoms with Crippen molar-refractivity contribution in [1.82, 2.24) is 0 Å². The Morgan fingerprint density at radius 3 is 1.19 bits per heavy atom. The molecule has 0 atom stereocenters. The van der Waals surface area contributed by atoms with Gasteiger partial charge in [0, 0.05) is 0 Å². The monoisotopic (exact) mass is 361 g/mol. The maximum Gasteiger partial charge on any atom is 0.0632 e. The van der Waals surface area contributed by atoms with Crippen molar-refractivity contribution in [3.05, 3.63) is 138 Å². The molecule has 4 aromatic carbocycles. The maximum absolute atomic E-state index is 9.20. The van der Waals surface area contributed by atoms with E-state index in [1.165, 1.54) is 0 Å². The largest absolute Gasteiger partial charge is 0.0632 e. The van der Waals surface area contributed by atoms with Crippen LogP contribution in [-0.2, 0) is 0 Å². The van der Waals surface area contributed by atoms with Crippen molar-refractivity contribution < 1.29 is 20.6 Å². The van der Waals surface area contributed by atoms with E-state index < -0.39 is 123 Å². The van der Waals surface area contributed by atoms with Crippen LogP contribution in [0.2, 0.25) is 0 Å². The molecule has 0 N–H and O–H groups in total. The van der Waals surface area contributed by atoms with E-state index in [-0.39, 0.29) is 21.2 Å². The standard InChI is InChI=1S/C27H22/c1-18(2)19-15-16-26-24-13-6-5-11-22(24)20-9-3-4-10-21(20)23-12-7-8-14-25(23)27(26)17-19/h3-18H,1-2H3/b22-20-,23-21-,26-24-,27-25-/i3D,4D,5D,6D,7D,8D,9D,10D,11D,12D,13D,14D,15D,16D,17D. The molecule has 0 heteroatoms. The number of hydrogen-bond donors (Lipinski definition) is 0. The van der Waals surface area contributed by atoms with Gasteiger partial charge in [-0.25, -0.2) is 0 Å². The van der Waals surface area contributed by atoms with E-state index in [1.54, 1.807) is 13.8 Å². The smallest absolute Gasteiger partial charge is 0.0616 e. The van der Waals surface area contributed by atoms with Crippen LogP contribution in [0.4, 0.5) is 0 Å². The lowest BCUT2D eigenvalue weighted by atomic mass is 9.97. The Hall–Kier alpha value is -3.12. The van der Waals surface area contributed by atoms with Crippen LogP contribution in [-0.4, -0.2) is 0 Å². The molecular formula is C27H22. The first-order chi connectivity index (χ1) is 19.5. The molecule has 0 bridgehead atoms. The van der Waals surface area contributed by atoms with Gasteiger partial charge in [-0.15, -0.1) is 0 Å². The van der Waals surface area contributed by atoms with Gasteiger partial charge in [0.1, 0.15) is 0 Å². The highest BCUT2D eigenvalue weighted by Crippen LogP contribution is 2.18. The van der Waals surface area contributed by atoms with Crippen molar-refractivity contribution in [2.75, 3.05) is 0 Å². The summed E-state index contributed by atoms with van der Waals surface area (Å²) in [5.74, 6) is -0.502. The quantitative estimate of drug-likeness (QED) is 0.330. The molecule has 0 nitrogen and oxygen atoms in total. The Morgan fingerprint density at radius 2 is 0.815 bits per heavy atom. The topological polar surface area (TPSA) is 0 Å². The predicted molar refractivity (Wildman–Crippen MR) is 111 cm³/mol. The highest BCUT2D eigenvalue weighted by Gasteiger charge is 2.03. The zero-order valence-electron chi connectivity index (χ0n) is 29.6. The SMILES string of the molecule is [2H]c1c([2H])c([2H])c2/c(c1[2H])=c1/c([2H])c([2H])c([2H])c([2H])/c1=c1\c([2H])c([2H])c(C(C)C)c([2H])\c1=c1/c([2H])c([2H])c([2H])c([2H])/c1=2. The number of rotatable bonds is 1. The van der Waals surface area contributed by atoms with E-state index >= 15 is 0 Å². The molecule has 0 radical (unpaired) electrons. The maximum atomic E-state index is 9.20. The Labute approximate surface area is 179 Å². The first-order valence-electron chi connectivity index (χ1n) is 15.9. The van der Waals surface area contributed by atoms with Crippen LogP contribution in [0.25, 0.3) is 0 Å². The van der Waals surface area contributed by atoms with Gasteiger partial charge < -0.3 is 0 Å². The highest BCUT2D eigenvalue weighted by atomic mass is 14.1. The number of benzene rings is 4. The normalized spacial score (nSPS) is 24.8. The van der Waals surface area contributed by atoms with Crippen molar-refractivity contribution in [3.8, 4) is 0 Å². The lowest BCUT2D eigenvalue weighted by Gasteiger charge is -2.07. The second-order valence-corrected chi connectivity index (χ2v) is 6.44. The molecule has 1 aliphatic carbocycles. The second-order valence-electron chi connectivity index (χ2n) is 6.44. The molecule has 27 heavy (non-hydrogen) atoms. The fourth-order valence-corrected chi connectivity index (χ4v) is 3.15. The van der Waals surface area contributed by atoms with Crippen molar-refractivity contribution >= 4 is 0 Å². The van der Waals surface area contributed by atoms with Gasteiger partial charge in [0.25, 0.3) is 0 Å². The summed E-state index contributed by atoms with van der Waals surface area (Å²) in [4.78, 5) is 0. The van der Waals surface area contributed by atoms with Crippen molar-refractivity contribution in [3.63, 3.8) is 0 Å². The fraction of sp³-hybridized carbons (Fsp3) is 0.111. The van der Waals surface area contributed by atoms with Gasteiger partial charge in [-0.3, -0.25) is 0 Å². The molecule has 0 fully saturated rings. The van der Waals surface area contributed by atoms with Gasteiger partial charge in [-0.2, -0.15) is 0 Å². The molecule has 0 heterocycles. The third-order valence-electron chi connectivity index (χ3n) is 4.47. The molecule has 0 unspecified atom stereocenters. The predicted octanol–water partition coefficient (Wildman–Crippen LogP) is 6.27. The summed E-state index contributed by atoms with van der Waals surface area (Å²) in [6, 6.07) is -9.96. The molecule has 0 saturated heterocycles. The summed E-state index contributed by atoms with van der Waals surface area (Å²) in [5, 5.41) is -3.10. The third kappa shape index (κ3) is 2.52. The van der Waals surface area contributed by atoms with Gasteiger partial charge in [0.05, 0.1) is 20.6 Å². The minimum atomic E-state index is -0.746. The van der Waals surface area contributed by atoms with Crippen LogP contribution in [0.5, 0.6) is 0 Å². The lowest BCUT2D eigenvalue weighted by Crippen LogP contribution is -1.92. The van der Waals surface area contributed by atoms with Crippen molar-refractivity contribution in [1.29, 1.82) is 0 Å². The van der Waals surface area contributed by atoms with Crippen LogP contribution in [0, 0.1) is 41.7 Å². The Morgan fingerprint density at radius 1 is 0.481 bits per heavy atom. The van der Waals surface area contributed by atoms with E-state index in [0.29, 0.717) is 0 Å². The van der Waals surface area contributed by atoms with Gasteiger partial charge in [0.15, 0.2) is 0 Å². The van der Waals surface area contributed by atoms with Crippen LogP contribution < -0.4 is 0 Å². The molecule has 0 aromatic heterocycles. The van der Waals surface area contributed by atoms with E-state index in [0.717, 1.165) is 0 Å². The number of fused-ring (bicyclic) bond motifs is 4. The summed E-state index contributed by atoms with van der Waals surface area (Å²) in [7, 11) is 0. The molecule has 0 spiro atoms. The highest BCUT2D eigenvalue weighted by molar-refractivity contribution is 5.32. The van der Waals surface area contributed by atoms with Gasteiger partial charge in [-0.1, -0.05) is 104 Å². The third-order valence-corrected chi connectivity index (χ3v) is 4.47. The summed E-state index contributed by atoms with van der Waals surface area (Å²) in [6.45, 7) is 3.35. The lowest BCUT2D eigenvalue weighted by molar-refractivity contribution is 0.864. The first kappa shape index (κ1) is 6.80. The van der Waals surface area contributed by atoms with Gasteiger partial charge >= 0.3 is 0 Å². The zero-order chi connectivity index (χ0) is 31.4. The van der Waals surface area contributed by atoms with Crippen LogP contribution in [0.3, 0.4) is 0 Å². The van der Waals surface area contributed by atoms with E-state index in [9.17, 15) is 1.37 Å². The van der Waals surface area contributed by atoms with E-state index in [4.69, 9.17) is 19.2 Å². The molecular weight excluding hydrogens is 324 g/mol. The Balaban J connectivity index is 2.71. The summed E-state index contributed by atoms with van der Waals surface area (Å²) in [5.41, 5.74) is 0.0651. The summed E-state index contributed by atoms with van der Waals surface area (Å²) < 4.78 is 130. The van der Waals surface area contributed by atoms with Gasteiger partial charge in [-0.05, 0) is 53.2 Å². The Kier molecular flexibility index (Phi) is 1.57. The average molecular weight is 362 g/mol. The molecule has 0 amide bonds. The molecule has 130 valence electrons. The summed E-state index contributed by atoms with van der Waals surface area (Å²) >= 11 is 0. The van der Waals surface area contributed by atoms with Crippen LogP contribution >= 0.6 is 0 Å². The Bertz CT molecular complexity index is 2320. The fourth-order valence-electron chi connectivity index (χ4n) is 3.15. The number of hydrogen-bond acceptors (Lipinski definition) is 0. The van der Waals surface area contributed by atoms with Crippen molar-refractivity contribution in [2.45, 2.75) is 19.8 Å². The minimum absolute atomic E-state index is 0.0651. The van der Waals surface area contributed by atoms with E-state index in [2.05, 4.69) is 0 Å². The zero-order valence-corrected chi connectivity index (χ0v) is 14.6. The molecule has 5 rings (SSSR count). The van der Waals surface area contributed by atoms with Crippen LogP contribution in [0.15, 0.2) is 90.6 Å². The van der Waals surface area contributed by atoms with Crippen molar-refractivity contribution in [2.24, 2.45) is 0 Å². The summed E-state index contributed by atoms with van der Waals surface area (Å²) in [6.07, 6.45) is 0. The van der Waals surface area contributed by atoms with Crippen LogP contribution in [0.1, 0.15) is 45.9 Å². The van der Waals surface area contributed by atoms with E-state index in [1.807, 2.05) is 0 Å². The first-order valence-corrected chi connectivity index (χ1v) is 8.44.